The van der Waals surface area contributed by atoms with Crippen molar-refractivity contribution in [2.45, 2.75) is 44.7 Å². The van der Waals surface area contributed by atoms with Crippen molar-refractivity contribution in [2.75, 3.05) is 17.4 Å². The van der Waals surface area contributed by atoms with Gasteiger partial charge in [0.1, 0.15) is 12.6 Å². The lowest BCUT2D eigenvalue weighted by Crippen LogP contribution is -2.51. The largest absolute Gasteiger partial charge is 0.354 e. The highest BCUT2D eigenvalue weighted by atomic mass is 79.9. The van der Waals surface area contributed by atoms with Crippen LogP contribution in [0.4, 0.5) is 5.69 Å². The van der Waals surface area contributed by atoms with Gasteiger partial charge in [-0.3, -0.25) is 13.9 Å². The van der Waals surface area contributed by atoms with Crippen molar-refractivity contribution in [1.82, 2.24) is 10.2 Å². The maximum Gasteiger partial charge on any atom is 0.264 e. The number of amides is 2. The Morgan fingerprint density at radius 2 is 1.68 bits per heavy atom. The summed E-state index contributed by atoms with van der Waals surface area (Å²) in [5, 5.41) is 3.32. The summed E-state index contributed by atoms with van der Waals surface area (Å²) in [6, 6.07) is 19.3. The van der Waals surface area contributed by atoms with Gasteiger partial charge in [-0.05, 0) is 74.4 Å². The number of hydrogen-bond acceptors (Lipinski definition) is 4. The first kappa shape index (κ1) is 29.7. The topological polar surface area (TPSA) is 86.8 Å². The summed E-state index contributed by atoms with van der Waals surface area (Å²) in [6.45, 7) is 5.49. The molecule has 1 atom stereocenters. The molecule has 0 fully saturated rings. The van der Waals surface area contributed by atoms with Crippen LogP contribution >= 0.6 is 27.5 Å². The molecule has 0 radical (unpaired) electrons. The van der Waals surface area contributed by atoms with Crippen molar-refractivity contribution >= 4 is 55.1 Å². The fourth-order valence-corrected chi connectivity index (χ4v) is 5.68. The number of nitrogens with zero attached hydrogens (tertiary/aromatic N) is 2. The summed E-state index contributed by atoms with van der Waals surface area (Å²) in [7, 11) is -4.10. The Morgan fingerprint density at radius 3 is 2.29 bits per heavy atom. The number of benzene rings is 3. The molecule has 3 rings (SSSR count). The molecule has 0 aliphatic heterocycles. The molecule has 2 amide bonds. The first-order valence-electron chi connectivity index (χ1n) is 12.2. The number of hydrogen-bond donors (Lipinski definition) is 1. The molecule has 38 heavy (non-hydrogen) atoms. The second kappa shape index (κ2) is 13.3. The highest BCUT2D eigenvalue weighted by molar-refractivity contribution is 9.10. The normalized spacial score (nSPS) is 12.0. The van der Waals surface area contributed by atoms with E-state index in [1.807, 2.05) is 13.8 Å². The molecule has 0 heterocycles. The van der Waals surface area contributed by atoms with E-state index < -0.39 is 28.5 Å². The van der Waals surface area contributed by atoms with E-state index in [0.717, 1.165) is 26.3 Å². The minimum atomic E-state index is -4.10. The van der Waals surface area contributed by atoms with Crippen LogP contribution in [0.1, 0.15) is 31.4 Å². The molecule has 0 aliphatic rings. The Balaban J connectivity index is 2.01. The number of rotatable bonds is 11. The van der Waals surface area contributed by atoms with Crippen LogP contribution in [-0.2, 0) is 26.2 Å². The van der Waals surface area contributed by atoms with E-state index in [9.17, 15) is 18.0 Å². The summed E-state index contributed by atoms with van der Waals surface area (Å²) >= 11 is 9.53. The van der Waals surface area contributed by atoms with Gasteiger partial charge in [0.25, 0.3) is 10.0 Å². The second-order valence-corrected chi connectivity index (χ2v) is 12.1. The first-order valence-corrected chi connectivity index (χ1v) is 14.8. The average Bonchev–Trinajstić information content (AvgIpc) is 2.89. The second-order valence-electron chi connectivity index (χ2n) is 8.92. The van der Waals surface area contributed by atoms with E-state index in [-0.39, 0.29) is 17.3 Å². The van der Waals surface area contributed by atoms with Crippen LogP contribution in [0.2, 0.25) is 5.02 Å². The Bertz CT molecular complexity index is 1370. The zero-order valence-corrected chi connectivity index (χ0v) is 24.7. The SMILES string of the molecule is CCCNC(=O)C(C)N(Cc1cccc(Cl)c1)C(=O)CN(c1ccc(Br)cc1)S(=O)(=O)c1ccc(C)cc1. The molecule has 0 bridgehead atoms. The van der Waals surface area contributed by atoms with Gasteiger partial charge in [-0.15, -0.1) is 0 Å². The molecule has 202 valence electrons. The van der Waals surface area contributed by atoms with Crippen LogP contribution in [0.5, 0.6) is 0 Å². The van der Waals surface area contributed by atoms with E-state index in [1.54, 1.807) is 67.6 Å². The number of sulfonamides is 1. The third-order valence-corrected chi connectivity index (χ3v) is 8.51. The molecule has 1 unspecified atom stereocenters. The number of anilines is 1. The van der Waals surface area contributed by atoms with Gasteiger partial charge in [0.05, 0.1) is 10.6 Å². The van der Waals surface area contributed by atoms with Crippen LogP contribution in [0.25, 0.3) is 0 Å². The van der Waals surface area contributed by atoms with Crippen LogP contribution in [0.15, 0.2) is 82.2 Å². The Hall–Kier alpha value is -2.88. The standard InChI is InChI=1S/C28H31BrClN3O4S/c1-4-16-31-28(35)21(3)32(18-22-6-5-7-24(30)17-22)27(34)19-33(25-12-10-23(29)11-13-25)38(36,37)26-14-8-20(2)9-15-26/h5-15,17,21H,4,16,18-19H2,1-3H3,(H,31,35). The van der Waals surface area contributed by atoms with Crippen LogP contribution in [0, 0.1) is 6.92 Å². The highest BCUT2D eigenvalue weighted by Gasteiger charge is 2.32. The summed E-state index contributed by atoms with van der Waals surface area (Å²) in [4.78, 5) is 28.2. The molecular weight excluding hydrogens is 590 g/mol. The predicted octanol–water partition coefficient (Wildman–Crippen LogP) is 5.55. The van der Waals surface area contributed by atoms with Crippen molar-refractivity contribution in [3.05, 3.63) is 93.4 Å². The van der Waals surface area contributed by atoms with E-state index in [1.165, 1.54) is 17.0 Å². The van der Waals surface area contributed by atoms with Crippen molar-refractivity contribution in [1.29, 1.82) is 0 Å². The van der Waals surface area contributed by atoms with Gasteiger partial charge in [0.2, 0.25) is 11.8 Å². The van der Waals surface area contributed by atoms with Gasteiger partial charge in [0, 0.05) is 22.6 Å². The summed E-state index contributed by atoms with van der Waals surface area (Å²) in [5.74, 6) is -0.846. The molecule has 0 spiro atoms. The molecule has 3 aromatic carbocycles. The van der Waals surface area contributed by atoms with E-state index in [0.29, 0.717) is 17.3 Å². The lowest BCUT2D eigenvalue weighted by molar-refractivity contribution is -0.139. The van der Waals surface area contributed by atoms with Gasteiger partial charge >= 0.3 is 0 Å². The van der Waals surface area contributed by atoms with Crippen molar-refractivity contribution in [3.63, 3.8) is 0 Å². The van der Waals surface area contributed by atoms with Gasteiger partial charge in [-0.25, -0.2) is 8.42 Å². The third kappa shape index (κ3) is 7.58. The molecule has 1 N–H and O–H groups in total. The van der Waals surface area contributed by atoms with E-state index in [2.05, 4.69) is 21.2 Å². The zero-order valence-electron chi connectivity index (χ0n) is 21.5. The van der Waals surface area contributed by atoms with E-state index >= 15 is 0 Å². The summed E-state index contributed by atoms with van der Waals surface area (Å²) in [5.41, 5.74) is 1.96. The number of carbonyl (C=O) groups excluding carboxylic acids is 2. The molecule has 7 nitrogen and oxygen atoms in total. The molecule has 0 aromatic heterocycles. The highest BCUT2D eigenvalue weighted by Crippen LogP contribution is 2.26. The summed E-state index contributed by atoms with van der Waals surface area (Å²) < 4.78 is 29.4. The molecule has 3 aromatic rings. The minimum absolute atomic E-state index is 0.0638. The van der Waals surface area contributed by atoms with Gasteiger partial charge in [0.15, 0.2) is 0 Å². The van der Waals surface area contributed by atoms with Crippen molar-refractivity contribution < 1.29 is 18.0 Å². The Labute approximate surface area is 238 Å². The van der Waals surface area contributed by atoms with Crippen LogP contribution in [-0.4, -0.2) is 44.3 Å². The fourth-order valence-electron chi connectivity index (χ4n) is 3.78. The quantitative estimate of drug-likeness (QED) is 0.305. The number of aryl methyl sites for hydroxylation is 1. The van der Waals surface area contributed by atoms with Crippen molar-refractivity contribution in [2.24, 2.45) is 0 Å². The maximum absolute atomic E-state index is 13.8. The van der Waals surface area contributed by atoms with Crippen LogP contribution in [0.3, 0.4) is 0 Å². The average molecular weight is 621 g/mol. The van der Waals surface area contributed by atoms with Crippen LogP contribution < -0.4 is 9.62 Å². The van der Waals surface area contributed by atoms with Gasteiger partial charge in [-0.1, -0.05) is 64.3 Å². The molecule has 0 saturated carbocycles. The zero-order chi connectivity index (χ0) is 27.9. The van der Waals surface area contributed by atoms with Gasteiger partial charge in [-0.2, -0.15) is 0 Å². The molecular formula is C28H31BrClN3O4S. The molecule has 0 aliphatic carbocycles. The third-order valence-electron chi connectivity index (χ3n) is 5.96. The van der Waals surface area contributed by atoms with Crippen molar-refractivity contribution in [3.8, 4) is 0 Å². The summed E-state index contributed by atoms with van der Waals surface area (Å²) in [6.07, 6.45) is 0.743. The maximum atomic E-state index is 13.8. The van der Waals surface area contributed by atoms with E-state index in [4.69, 9.17) is 11.6 Å². The lowest BCUT2D eigenvalue weighted by atomic mass is 10.1. The number of nitrogens with one attached hydrogen (secondary N) is 1. The lowest BCUT2D eigenvalue weighted by Gasteiger charge is -2.32. The number of carbonyl (C=O) groups is 2. The van der Waals surface area contributed by atoms with Gasteiger partial charge < -0.3 is 10.2 Å². The monoisotopic (exact) mass is 619 g/mol. The predicted molar refractivity (Wildman–Crippen MR) is 155 cm³/mol. The fraction of sp³-hybridized carbons (Fsp3) is 0.286. The number of halogens is 2. The first-order chi connectivity index (χ1) is 18.0. The Morgan fingerprint density at radius 1 is 1.03 bits per heavy atom. The molecule has 10 heteroatoms. The Kier molecular flexibility index (Phi) is 10.4. The smallest absolute Gasteiger partial charge is 0.264 e. The minimum Gasteiger partial charge on any atom is -0.354 e. The molecule has 0 saturated heterocycles.